The molecule has 0 fully saturated rings. The highest BCUT2D eigenvalue weighted by atomic mass is 127. The summed E-state index contributed by atoms with van der Waals surface area (Å²) in [5.41, 5.74) is 3.95. The van der Waals surface area contributed by atoms with Gasteiger partial charge >= 0.3 is 0 Å². The van der Waals surface area contributed by atoms with Crippen LogP contribution in [-0.2, 0) is 13.0 Å². The second kappa shape index (κ2) is 11.7. The zero-order valence-corrected chi connectivity index (χ0v) is 20.4. The van der Waals surface area contributed by atoms with Crippen molar-refractivity contribution in [2.75, 3.05) is 32.8 Å². The van der Waals surface area contributed by atoms with Crippen molar-refractivity contribution in [3.8, 4) is 5.75 Å². The minimum atomic E-state index is -0.493. The number of halogens is 1. The lowest BCUT2D eigenvalue weighted by Gasteiger charge is -2.30. The number of nitrogens with zero attached hydrogens (tertiary/aromatic N) is 2. The number of para-hydroxylation sites is 1. The van der Waals surface area contributed by atoms with E-state index in [0.29, 0.717) is 19.7 Å². The van der Waals surface area contributed by atoms with Crippen molar-refractivity contribution in [1.82, 2.24) is 15.5 Å². The van der Waals surface area contributed by atoms with Crippen LogP contribution in [0.3, 0.4) is 0 Å². The summed E-state index contributed by atoms with van der Waals surface area (Å²) in [5.74, 6) is 1.67. The molecule has 2 aliphatic rings. The zero-order chi connectivity index (χ0) is 20.8. The summed E-state index contributed by atoms with van der Waals surface area (Å²) in [5, 5.41) is 17.4. The Hall–Kier alpha value is -1.84. The predicted octanol–water partition coefficient (Wildman–Crippen LogP) is 3.10. The van der Waals surface area contributed by atoms with Gasteiger partial charge in [0.2, 0.25) is 0 Å². The summed E-state index contributed by atoms with van der Waals surface area (Å²) in [6.07, 6.45) is 1.43. The van der Waals surface area contributed by atoms with Crippen LogP contribution in [-0.4, -0.2) is 54.9 Å². The standard InChI is InChI=1S/C24H32N4O2.HI/c1-2-25-24(27-22-12-14-30-23-10-6-5-9-21(22)23)26-15-20(29)17-28-13-11-18-7-3-4-8-19(18)16-28;/h3-10,20,22,29H,2,11-17H2,1H3,(H2,25,26,27);1H. The van der Waals surface area contributed by atoms with E-state index in [1.807, 2.05) is 18.2 Å². The van der Waals surface area contributed by atoms with Gasteiger partial charge in [0.05, 0.1) is 25.3 Å². The SMILES string of the molecule is CCNC(=NCC(O)CN1CCc2ccccc2C1)NC1CCOc2ccccc21.I. The van der Waals surface area contributed by atoms with Gasteiger partial charge in [0, 0.05) is 38.2 Å². The van der Waals surface area contributed by atoms with Gasteiger partial charge in [0.1, 0.15) is 5.75 Å². The Morgan fingerprint density at radius 1 is 1.19 bits per heavy atom. The molecule has 0 bridgehead atoms. The van der Waals surface area contributed by atoms with Crippen LogP contribution in [0.15, 0.2) is 53.5 Å². The van der Waals surface area contributed by atoms with Crippen molar-refractivity contribution in [2.45, 2.75) is 38.5 Å². The Labute approximate surface area is 202 Å². The van der Waals surface area contributed by atoms with Crippen LogP contribution in [0.5, 0.6) is 5.75 Å². The highest BCUT2D eigenvalue weighted by Crippen LogP contribution is 2.31. The number of aliphatic hydroxyl groups excluding tert-OH is 1. The molecule has 2 atom stereocenters. The smallest absolute Gasteiger partial charge is 0.191 e. The molecule has 0 saturated carbocycles. The second-order valence-electron chi connectivity index (χ2n) is 8.00. The Bertz CT molecular complexity index is 876. The van der Waals surface area contributed by atoms with Crippen LogP contribution in [0, 0.1) is 0 Å². The molecule has 2 aromatic carbocycles. The van der Waals surface area contributed by atoms with Gasteiger partial charge in [-0.1, -0.05) is 42.5 Å². The van der Waals surface area contributed by atoms with Gasteiger partial charge in [-0.25, -0.2) is 0 Å². The molecule has 6 nitrogen and oxygen atoms in total. The van der Waals surface area contributed by atoms with Crippen LogP contribution in [0.1, 0.15) is 36.1 Å². The molecule has 168 valence electrons. The van der Waals surface area contributed by atoms with E-state index >= 15 is 0 Å². The molecule has 3 N–H and O–H groups in total. The van der Waals surface area contributed by atoms with E-state index in [4.69, 9.17) is 4.74 Å². The van der Waals surface area contributed by atoms with Crippen LogP contribution < -0.4 is 15.4 Å². The summed E-state index contributed by atoms with van der Waals surface area (Å²) in [7, 11) is 0. The first-order valence-corrected chi connectivity index (χ1v) is 11.0. The van der Waals surface area contributed by atoms with Crippen molar-refractivity contribution in [1.29, 1.82) is 0 Å². The Kier molecular flexibility index (Phi) is 8.98. The van der Waals surface area contributed by atoms with Crippen molar-refractivity contribution in [3.05, 3.63) is 65.2 Å². The molecule has 0 spiro atoms. The predicted molar refractivity (Wildman–Crippen MR) is 135 cm³/mol. The molecule has 2 aromatic rings. The van der Waals surface area contributed by atoms with Crippen molar-refractivity contribution < 1.29 is 9.84 Å². The lowest BCUT2D eigenvalue weighted by molar-refractivity contribution is 0.111. The lowest BCUT2D eigenvalue weighted by Crippen LogP contribution is -2.42. The molecular weight excluding hydrogens is 503 g/mol. The molecule has 0 aromatic heterocycles. The first kappa shape index (κ1) is 23.8. The number of hydrogen-bond donors (Lipinski definition) is 3. The number of ether oxygens (including phenoxy) is 1. The lowest BCUT2D eigenvalue weighted by atomic mass is 10.00. The molecule has 31 heavy (non-hydrogen) atoms. The van der Waals surface area contributed by atoms with Crippen LogP contribution in [0.4, 0.5) is 0 Å². The minimum absolute atomic E-state index is 0. The topological polar surface area (TPSA) is 69.1 Å². The summed E-state index contributed by atoms with van der Waals surface area (Å²) < 4.78 is 5.76. The summed E-state index contributed by atoms with van der Waals surface area (Å²) >= 11 is 0. The van der Waals surface area contributed by atoms with Crippen molar-refractivity contribution >= 4 is 29.9 Å². The Morgan fingerprint density at radius 3 is 2.81 bits per heavy atom. The third kappa shape index (κ3) is 6.33. The molecular formula is C24H33IN4O2. The second-order valence-corrected chi connectivity index (χ2v) is 8.00. The van der Waals surface area contributed by atoms with Gasteiger partial charge in [-0.05, 0) is 30.5 Å². The number of hydrogen-bond acceptors (Lipinski definition) is 4. The first-order valence-electron chi connectivity index (χ1n) is 11.0. The monoisotopic (exact) mass is 536 g/mol. The van der Waals surface area contributed by atoms with E-state index in [9.17, 15) is 5.11 Å². The number of guanidine groups is 1. The van der Waals surface area contributed by atoms with E-state index in [1.165, 1.54) is 11.1 Å². The first-order chi connectivity index (χ1) is 14.7. The van der Waals surface area contributed by atoms with E-state index in [0.717, 1.165) is 49.7 Å². The number of aliphatic imine (C=N–C) groups is 1. The van der Waals surface area contributed by atoms with Gasteiger partial charge in [0.25, 0.3) is 0 Å². The third-order valence-electron chi connectivity index (χ3n) is 5.75. The Morgan fingerprint density at radius 2 is 1.97 bits per heavy atom. The molecule has 2 unspecified atom stereocenters. The number of nitrogens with one attached hydrogen (secondary N) is 2. The maximum absolute atomic E-state index is 10.6. The fourth-order valence-electron chi connectivity index (χ4n) is 4.24. The van der Waals surface area contributed by atoms with E-state index in [2.05, 4.69) is 57.8 Å². The fraction of sp³-hybridized carbons (Fsp3) is 0.458. The summed E-state index contributed by atoms with van der Waals surface area (Å²) in [6, 6.07) is 16.9. The quantitative estimate of drug-likeness (QED) is 0.301. The molecule has 4 rings (SSSR count). The molecule has 0 saturated heterocycles. The average Bonchev–Trinajstić information content (AvgIpc) is 2.78. The normalized spacial score (nSPS) is 19.3. The van der Waals surface area contributed by atoms with Gasteiger partial charge < -0.3 is 20.5 Å². The molecule has 0 radical (unpaired) electrons. The Balaban J connectivity index is 0.00000272. The van der Waals surface area contributed by atoms with Gasteiger partial charge in [-0.2, -0.15) is 0 Å². The summed E-state index contributed by atoms with van der Waals surface area (Å²) in [4.78, 5) is 6.98. The number of β-amino-alcohol motifs (C(OH)–C–C–N with tert-alkyl or cyclic N) is 1. The largest absolute Gasteiger partial charge is 0.493 e. The average molecular weight is 536 g/mol. The van der Waals surface area contributed by atoms with Gasteiger partial charge in [-0.15, -0.1) is 24.0 Å². The zero-order valence-electron chi connectivity index (χ0n) is 18.1. The van der Waals surface area contributed by atoms with E-state index in [-0.39, 0.29) is 30.0 Å². The number of benzene rings is 2. The van der Waals surface area contributed by atoms with E-state index in [1.54, 1.807) is 0 Å². The van der Waals surface area contributed by atoms with Crippen LogP contribution >= 0.6 is 24.0 Å². The maximum atomic E-state index is 10.6. The highest BCUT2D eigenvalue weighted by molar-refractivity contribution is 14.0. The van der Waals surface area contributed by atoms with Gasteiger partial charge in [0.15, 0.2) is 5.96 Å². The van der Waals surface area contributed by atoms with Gasteiger partial charge in [-0.3, -0.25) is 9.89 Å². The molecule has 0 amide bonds. The van der Waals surface area contributed by atoms with Crippen LogP contribution in [0.2, 0.25) is 0 Å². The molecule has 7 heteroatoms. The number of aliphatic hydroxyl groups is 1. The minimum Gasteiger partial charge on any atom is -0.493 e. The number of fused-ring (bicyclic) bond motifs is 2. The highest BCUT2D eigenvalue weighted by Gasteiger charge is 2.22. The molecule has 0 aliphatic carbocycles. The maximum Gasteiger partial charge on any atom is 0.191 e. The molecule has 2 heterocycles. The summed E-state index contributed by atoms with van der Waals surface area (Å²) in [6.45, 7) is 6.40. The number of rotatable bonds is 6. The van der Waals surface area contributed by atoms with E-state index < -0.39 is 6.10 Å². The van der Waals surface area contributed by atoms with Crippen molar-refractivity contribution in [3.63, 3.8) is 0 Å². The fourth-order valence-corrected chi connectivity index (χ4v) is 4.24. The third-order valence-corrected chi connectivity index (χ3v) is 5.75. The molecule has 2 aliphatic heterocycles. The van der Waals surface area contributed by atoms with Crippen molar-refractivity contribution in [2.24, 2.45) is 4.99 Å². The van der Waals surface area contributed by atoms with Crippen LogP contribution in [0.25, 0.3) is 0 Å².